The van der Waals surface area contributed by atoms with Crippen molar-refractivity contribution < 1.29 is 18.7 Å². The highest BCUT2D eigenvalue weighted by Crippen LogP contribution is 2.27. The predicted octanol–water partition coefficient (Wildman–Crippen LogP) is 1.52. The van der Waals surface area contributed by atoms with E-state index in [1.165, 1.54) is 24.3 Å². The second kappa shape index (κ2) is 6.48. The molecule has 0 bridgehead atoms. The first-order chi connectivity index (χ1) is 11.1. The monoisotopic (exact) mass is 314 g/mol. The third-order valence-electron chi connectivity index (χ3n) is 3.54. The van der Waals surface area contributed by atoms with Gasteiger partial charge in [-0.3, -0.25) is 20.4 Å². The van der Waals surface area contributed by atoms with E-state index >= 15 is 0 Å². The van der Waals surface area contributed by atoms with Gasteiger partial charge in [0.15, 0.2) is 6.10 Å². The van der Waals surface area contributed by atoms with Crippen molar-refractivity contribution in [3.63, 3.8) is 0 Å². The summed E-state index contributed by atoms with van der Waals surface area (Å²) >= 11 is 0. The van der Waals surface area contributed by atoms with Gasteiger partial charge in [0.1, 0.15) is 11.6 Å². The van der Waals surface area contributed by atoms with Crippen molar-refractivity contribution >= 4 is 11.8 Å². The molecule has 0 aromatic heterocycles. The van der Waals surface area contributed by atoms with Gasteiger partial charge in [-0.05, 0) is 29.3 Å². The number of fused-ring (bicyclic) bond motifs is 1. The van der Waals surface area contributed by atoms with Crippen LogP contribution in [0.25, 0.3) is 0 Å². The average molecular weight is 314 g/mol. The fourth-order valence-corrected chi connectivity index (χ4v) is 2.37. The summed E-state index contributed by atoms with van der Waals surface area (Å²) in [6.07, 6.45) is -0.138. The average Bonchev–Trinajstić information content (AvgIpc) is 2.99. The quantitative estimate of drug-likeness (QED) is 0.844. The normalized spacial score (nSPS) is 15.4. The number of halogens is 1. The van der Waals surface area contributed by atoms with E-state index in [1.54, 1.807) is 6.07 Å². The number of nitrogens with one attached hydrogen (secondary N) is 2. The second-order valence-electron chi connectivity index (χ2n) is 5.26. The lowest BCUT2D eigenvalue weighted by Gasteiger charge is -2.12. The van der Waals surface area contributed by atoms with E-state index in [9.17, 15) is 14.0 Å². The van der Waals surface area contributed by atoms with Gasteiger partial charge in [0.25, 0.3) is 5.91 Å². The van der Waals surface area contributed by atoms with Crippen molar-refractivity contribution in [2.24, 2.45) is 0 Å². The summed E-state index contributed by atoms with van der Waals surface area (Å²) in [5.74, 6) is -0.472. The number of carbonyl (C=O) groups excluding carboxylic acids is 2. The molecule has 23 heavy (non-hydrogen) atoms. The Kier molecular flexibility index (Phi) is 4.23. The molecule has 0 saturated carbocycles. The maximum atomic E-state index is 12.8. The van der Waals surface area contributed by atoms with Gasteiger partial charge in [0.2, 0.25) is 5.91 Å². The molecule has 1 aliphatic heterocycles. The zero-order valence-electron chi connectivity index (χ0n) is 12.2. The Morgan fingerprint density at radius 1 is 1.09 bits per heavy atom. The molecule has 0 spiro atoms. The highest BCUT2D eigenvalue weighted by atomic mass is 19.1. The Balaban J connectivity index is 1.48. The zero-order valence-corrected chi connectivity index (χ0v) is 12.2. The maximum Gasteiger partial charge on any atom is 0.279 e. The van der Waals surface area contributed by atoms with Crippen LogP contribution in [0, 0.1) is 5.82 Å². The summed E-state index contributed by atoms with van der Waals surface area (Å²) in [7, 11) is 0. The first-order valence-corrected chi connectivity index (χ1v) is 7.19. The second-order valence-corrected chi connectivity index (χ2v) is 5.26. The van der Waals surface area contributed by atoms with Gasteiger partial charge < -0.3 is 4.74 Å². The molecule has 0 radical (unpaired) electrons. The SMILES string of the molecule is O=C(Cc1ccc(F)cc1)NNC(=O)[C@@H]1Cc2ccccc2O1. The minimum absolute atomic E-state index is 0.0479. The molecule has 1 atom stereocenters. The number of hydrazine groups is 1. The number of hydrogen-bond donors (Lipinski definition) is 2. The van der Waals surface area contributed by atoms with Crippen molar-refractivity contribution in [2.45, 2.75) is 18.9 Å². The third kappa shape index (κ3) is 3.66. The van der Waals surface area contributed by atoms with Crippen molar-refractivity contribution in [3.05, 3.63) is 65.5 Å². The molecule has 6 heteroatoms. The predicted molar refractivity (Wildman–Crippen MR) is 81.0 cm³/mol. The third-order valence-corrected chi connectivity index (χ3v) is 3.54. The largest absolute Gasteiger partial charge is 0.480 e. The Morgan fingerprint density at radius 2 is 1.83 bits per heavy atom. The van der Waals surface area contributed by atoms with Crippen LogP contribution in [-0.4, -0.2) is 17.9 Å². The van der Waals surface area contributed by atoms with Crippen LogP contribution in [-0.2, 0) is 22.4 Å². The molecule has 1 aliphatic rings. The van der Waals surface area contributed by atoms with Gasteiger partial charge in [-0.25, -0.2) is 4.39 Å². The Labute approximate surface area is 132 Å². The van der Waals surface area contributed by atoms with E-state index < -0.39 is 12.0 Å². The molecule has 0 saturated heterocycles. The number of para-hydroxylation sites is 1. The van der Waals surface area contributed by atoms with Crippen molar-refractivity contribution in [3.8, 4) is 5.75 Å². The number of benzene rings is 2. The molecular weight excluding hydrogens is 299 g/mol. The van der Waals surface area contributed by atoms with Crippen LogP contribution in [0.15, 0.2) is 48.5 Å². The zero-order chi connectivity index (χ0) is 16.2. The lowest BCUT2D eigenvalue weighted by molar-refractivity contribution is -0.132. The van der Waals surface area contributed by atoms with E-state index in [2.05, 4.69) is 10.9 Å². The number of hydrogen-bond acceptors (Lipinski definition) is 3. The summed E-state index contributed by atoms with van der Waals surface area (Å²) < 4.78 is 18.3. The summed E-state index contributed by atoms with van der Waals surface area (Å²) in [4.78, 5) is 23.8. The molecule has 2 aromatic carbocycles. The van der Waals surface area contributed by atoms with E-state index in [1.807, 2.05) is 18.2 Å². The topological polar surface area (TPSA) is 67.4 Å². The van der Waals surface area contributed by atoms with Crippen LogP contribution < -0.4 is 15.6 Å². The van der Waals surface area contributed by atoms with Crippen LogP contribution >= 0.6 is 0 Å². The molecule has 2 aromatic rings. The van der Waals surface area contributed by atoms with Gasteiger partial charge in [-0.2, -0.15) is 0 Å². The van der Waals surface area contributed by atoms with Gasteiger partial charge in [0.05, 0.1) is 6.42 Å². The lowest BCUT2D eigenvalue weighted by Crippen LogP contribution is -2.48. The number of ether oxygens (including phenoxy) is 1. The van der Waals surface area contributed by atoms with Gasteiger partial charge in [-0.1, -0.05) is 30.3 Å². The minimum Gasteiger partial charge on any atom is -0.480 e. The Hall–Kier alpha value is -2.89. The summed E-state index contributed by atoms with van der Waals surface area (Å²) in [6.45, 7) is 0. The first-order valence-electron chi connectivity index (χ1n) is 7.19. The van der Waals surface area contributed by atoms with Gasteiger partial charge in [-0.15, -0.1) is 0 Å². The van der Waals surface area contributed by atoms with E-state index in [-0.39, 0.29) is 18.1 Å². The molecule has 2 amide bonds. The van der Waals surface area contributed by atoms with Crippen LogP contribution in [0.1, 0.15) is 11.1 Å². The van der Waals surface area contributed by atoms with Crippen molar-refractivity contribution in [1.29, 1.82) is 0 Å². The van der Waals surface area contributed by atoms with Gasteiger partial charge >= 0.3 is 0 Å². The standard InChI is InChI=1S/C17H15FN2O3/c18-13-7-5-11(6-8-13)9-16(21)19-20-17(22)15-10-12-3-1-2-4-14(12)23-15/h1-8,15H,9-10H2,(H,19,21)(H,20,22)/t15-/m0/s1. The lowest BCUT2D eigenvalue weighted by atomic mass is 10.1. The number of amides is 2. The van der Waals surface area contributed by atoms with Gasteiger partial charge in [0, 0.05) is 6.42 Å². The summed E-state index contributed by atoms with van der Waals surface area (Å²) in [5.41, 5.74) is 6.31. The minimum atomic E-state index is -0.654. The highest BCUT2D eigenvalue weighted by Gasteiger charge is 2.28. The highest BCUT2D eigenvalue weighted by molar-refractivity contribution is 5.86. The molecule has 1 heterocycles. The van der Waals surface area contributed by atoms with Crippen LogP contribution in [0.4, 0.5) is 4.39 Å². The molecule has 118 valence electrons. The summed E-state index contributed by atoms with van der Waals surface area (Å²) in [6, 6.07) is 13.0. The van der Waals surface area contributed by atoms with E-state index in [0.29, 0.717) is 17.7 Å². The molecule has 0 aliphatic carbocycles. The number of rotatable bonds is 3. The van der Waals surface area contributed by atoms with Crippen LogP contribution in [0.2, 0.25) is 0 Å². The maximum absolute atomic E-state index is 12.8. The smallest absolute Gasteiger partial charge is 0.279 e. The Morgan fingerprint density at radius 3 is 2.57 bits per heavy atom. The van der Waals surface area contributed by atoms with Crippen LogP contribution in [0.3, 0.4) is 0 Å². The molecular formula is C17H15FN2O3. The fraction of sp³-hybridized carbons (Fsp3) is 0.176. The van der Waals surface area contributed by atoms with E-state index in [0.717, 1.165) is 5.56 Å². The Bertz CT molecular complexity index is 706. The first kappa shape index (κ1) is 15.0. The summed E-state index contributed by atoms with van der Waals surface area (Å²) in [5, 5.41) is 0. The molecule has 0 fully saturated rings. The van der Waals surface area contributed by atoms with Crippen LogP contribution in [0.5, 0.6) is 5.75 Å². The van der Waals surface area contributed by atoms with Crippen molar-refractivity contribution in [2.75, 3.05) is 0 Å². The molecule has 2 N–H and O–H groups in total. The number of carbonyl (C=O) groups is 2. The molecule has 5 nitrogen and oxygen atoms in total. The fourth-order valence-electron chi connectivity index (χ4n) is 2.37. The van der Waals surface area contributed by atoms with Crippen molar-refractivity contribution in [1.82, 2.24) is 10.9 Å². The van der Waals surface area contributed by atoms with E-state index in [4.69, 9.17) is 4.74 Å². The molecule has 3 rings (SSSR count). The molecule has 0 unspecified atom stereocenters.